The van der Waals surface area contributed by atoms with Crippen molar-refractivity contribution in [3.8, 4) is 5.75 Å². The van der Waals surface area contributed by atoms with Crippen LogP contribution >= 0.6 is 11.6 Å². The standard InChI is InChI=1S/C25H36ClN5O3/c1-21(32)25-27-30(20-31(25,33)17-18-34-24-9-3-2-4-10-24)12-6-11-28-13-15-29(16-14-28)23-8-5-7-22(26)19-23/h2-5,7-10,19,21,25,27,32H,6,11-18,20H2,1H3. The van der Waals surface area contributed by atoms with E-state index in [9.17, 15) is 10.3 Å². The number of aliphatic hydroxyl groups is 1. The van der Waals surface area contributed by atoms with Gasteiger partial charge in [-0.25, -0.2) is 0 Å². The molecule has 9 heteroatoms. The number of benzene rings is 2. The van der Waals surface area contributed by atoms with E-state index < -0.39 is 16.9 Å². The van der Waals surface area contributed by atoms with Gasteiger partial charge in [0.05, 0.1) is 0 Å². The molecule has 2 saturated heterocycles. The second kappa shape index (κ2) is 11.7. The monoisotopic (exact) mass is 489 g/mol. The second-order valence-electron chi connectivity index (χ2n) is 9.22. The summed E-state index contributed by atoms with van der Waals surface area (Å²) in [5.41, 5.74) is 4.43. The average molecular weight is 490 g/mol. The Morgan fingerprint density at radius 1 is 1.12 bits per heavy atom. The first-order valence-corrected chi connectivity index (χ1v) is 12.5. The van der Waals surface area contributed by atoms with Gasteiger partial charge < -0.3 is 24.6 Å². The zero-order valence-corrected chi connectivity index (χ0v) is 20.6. The third-order valence-corrected chi connectivity index (χ3v) is 6.85. The van der Waals surface area contributed by atoms with Crippen molar-refractivity contribution in [3.05, 3.63) is 64.8 Å². The van der Waals surface area contributed by atoms with Gasteiger partial charge in [0, 0.05) is 43.4 Å². The summed E-state index contributed by atoms with van der Waals surface area (Å²) >= 11 is 6.14. The first-order chi connectivity index (χ1) is 16.4. The Balaban J connectivity index is 1.20. The number of hydroxylamine groups is 3. The number of hydrazine groups is 1. The zero-order chi connectivity index (χ0) is 24.0. The predicted octanol–water partition coefficient (Wildman–Crippen LogP) is 2.73. The number of para-hydroxylation sites is 1. The summed E-state index contributed by atoms with van der Waals surface area (Å²) in [5, 5.41) is 26.5. The normalized spacial score (nSPS) is 24.9. The quantitative estimate of drug-likeness (QED) is 0.392. The third-order valence-electron chi connectivity index (χ3n) is 6.62. The lowest BCUT2D eigenvalue weighted by molar-refractivity contribution is -0.901. The molecule has 4 rings (SSSR count). The number of quaternary nitrogens is 1. The van der Waals surface area contributed by atoms with Crippen LogP contribution in [-0.2, 0) is 0 Å². The highest BCUT2D eigenvalue weighted by molar-refractivity contribution is 6.30. The van der Waals surface area contributed by atoms with E-state index >= 15 is 0 Å². The molecule has 2 fully saturated rings. The van der Waals surface area contributed by atoms with Crippen LogP contribution in [0.5, 0.6) is 5.75 Å². The predicted molar refractivity (Wildman–Crippen MR) is 135 cm³/mol. The Morgan fingerprint density at radius 3 is 2.59 bits per heavy atom. The molecular weight excluding hydrogens is 454 g/mol. The maximum absolute atomic E-state index is 13.5. The third kappa shape index (κ3) is 6.60. The van der Waals surface area contributed by atoms with Crippen molar-refractivity contribution in [1.29, 1.82) is 0 Å². The van der Waals surface area contributed by atoms with E-state index in [1.807, 2.05) is 53.5 Å². The smallest absolute Gasteiger partial charge is 0.182 e. The van der Waals surface area contributed by atoms with Crippen molar-refractivity contribution in [2.24, 2.45) is 0 Å². The average Bonchev–Trinajstić information content (AvgIpc) is 3.17. The highest BCUT2D eigenvalue weighted by atomic mass is 35.5. The fraction of sp³-hybridized carbons (Fsp3) is 0.520. The molecular formula is C25H36ClN5O3. The van der Waals surface area contributed by atoms with E-state index in [0.717, 1.165) is 56.5 Å². The van der Waals surface area contributed by atoms with Crippen molar-refractivity contribution in [1.82, 2.24) is 15.3 Å². The van der Waals surface area contributed by atoms with Gasteiger partial charge >= 0.3 is 0 Å². The van der Waals surface area contributed by atoms with Gasteiger partial charge in [-0.05, 0) is 50.2 Å². The van der Waals surface area contributed by atoms with Gasteiger partial charge in [0.25, 0.3) is 0 Å². The molecule has 186 valence electrons. The van der Waals surface area contributed by atoms with Gasteiger partial charge in [0.1, 0.15) is 31.7 Å². The lowest BCUT2D eigenvalue weighted by Crippen LogP contribution is -2.56. The number of rotatable bonds is 10. The summed E-state index contributed by atoms with van der Waals surface area (Å²) in [5.74, 6) is 0.752. The molecule has 3 atom stereocenters. The summed E-state index contributed by atoms with van der Waals surface area (Å²) < 4.78 is 5.22. The number of ether oxygens (including phenoxy) is 1. The van der Waals surface area contributed by atoms with E-state index in [1.165, 1.54) is 5.69 Å². The zero-order valence-electron chi connectivity index (χ0n) is 19.9. The van der Waals surface area contributed by atoms with Crippen molar-refractivity contribution in [2.45, 2.75) is 25.6 Å². The second-order valence-corrected chi connectivity index (χ2v) is 9.66. The molecule has 2 heterocycles. The molecule has 0 saturated carbocycles. The Morgan fingerprint density at radius 2 is 1.88 bits per heavy atom. The minimum absolute atomic E-state index is 0.277. The molecule has 0 aromatic heterocycles. The molecule has 3 unspecified atom stereocenters. The van der Waals surface area contributed by atoms with Gasteiger partial charge in [-0.1, -0.05) is 35.9 Å². The number of anilines is 1. The van der Waals surface area contributed by atoms with Crippen LogP contribution in [0.4, 0.5) is 5.69 Å². The number of aliphatic hydroxyl groups excluding tert-OH is 1. The van der Waals surface area contributed by atoms with Crippen molar-refractivity contribution in [2.75, 3.05) is 64.0 Å². The minimum atomic E-state index is -0.751. The Labute approximate surface area is 207 Å². The summed E-state index contributed by atoms with van der Waals surface area (Å²) in [4.78, 5) is 4.84. The molecule has 2 aliphatic heterocycles. The molecule has 2 N–H and O–H groups in total. The van der Waals surface area contributed by atoms with Gasteiger partial charge in [-0.2, -0.15) is 10.4 Å². The molecule has 2 aliphatic rings. The molecule has 8 nitrogen and oxygen atoms in total. The van der Waals surface area contributed by atoms with Crippen LogP contribution in [0.25, 0.3) is 0 Å². The highest BCUT2D eigenvalue weighted by Gasteiger charge is 2.41. The van der Waals surface area contributed by atoms with Crippen molar-refractivity contribution >= 4 is 17.3 Å². The van der Waals surface area contributed by atoms with Crippen LogP contribution in [0.1, 0.15) is 13.3 Å². The van der Waals surface area contributed by atoms with E-state index in [0.29, 0.717) is 13.3 Å². The summed E-state index contributed by atoms with van der Waals surface area (Å²) in [6.07, 6.45) is -0.378. The number of nitrogens with one attached hydrogen (secondary N) is 1. The topological polar surface area (TPSA) is 74.3 Å². The lowest BCUT2D eigenvalue weighted by Gasteiger charge is -2.43. The SMILES string of the molecule is CC(O)C1NN(CCCN2CCN(c3cccc(Cl)c3)CC2)C[N+]1([O-])CCOc1ccccc1. The molecule has 0 aliphatic carbocycles. The van der Waals surface area contributed by atoms with Gasteiger partial charge in [0.2, 0.25) is 0 Å². The number of piperazine rings is 1. The summed E-state index contributed by atoms with van der Waals surface area (Å²) in [6, 6.07) is 17.5. The van der Waals surface area contributed by atoms with Crippen LogP contribution in [0, 0.1) is 5.21 Å². The minimum Gasteiger partial charge on any atom is -0.630 e. The van der Waals surface area contributed by atoms with Gasteiger partial charge in [-0.15, -0.1) is 0 Å². The van der Waals surface area contributed by atoms with E-state index in [1.54, 1.807) is 6.92 Å². The van der Waals surface area contributed by atoms with Gasteiger partial charge in [-0.3, -0.25) is 4.90 Å². The number of hydrogen-bond acceptors (Lipinski definition) is 7. The Bertz CT molecular complexity index is 897. The first kappa shape index (κ1) is 25.2. The molecule has 0 radical (unpaired) electrons. The Kier molecular flexibility index (Phi) is 8.65. The molecule has 0 amide bonds. The van der Waals surface area contributed by atoms with Crippen molar-refractivity contribution < 1.29 is 14.5 Å². The molecule has 2 aromatic rings. The van der Waals surface area contributed by atoms with E-state index in [4.69, 9.17) is 16.3 Å². The maximum atomic E-state index is 13.5. The number of hydrogen-bond donors (Lipinski definition) is 2. The van der Waals surface area contributed by atoms with E-state index in [-0.39, 0.29) is 6.54 Å². The first-order valence-electron chi connectivity index (χ1n) is 12.1. The highest BCUT2D eigenvalue weighted by Crippen LogP contribution is 2.23. The number of halogens is 1. The van der Waals surface area contributed by atoms with Crippen LogP contribution in [0.3, 0.4) is 0 Å². The van der Waals surface area contributed by atoms with E-state index in [2.05, 4.69) is 21.3 Å². The fourth-order valence-electron chi connectivity index (χ4n) is 4.78. The van der Waals surface area contributed by atoms with Crippen LogP contribution in [-0.4, -0.2) is 91.0 Å². The summed E-state index contributed by atoms with van der Waals surface area (Å²) in [7, 11) is 0. The Hall–Kier alpha value is -1.91. The largest absolute Gasteiger partial charge is 0.630 e. The summed E-state index contributed by atoms with van der Waals surface area (Å²) in [6.45, 7) is 8.28. The van der Waals surface area contributed by atoms with Crippen LogP contribution in [0.2, 0.25) is 5.02 Å². The lowest BCUT2D eigenvalue weighted by atomic mass is 10.2. The van der Waals surface area contributed by atoms with Crippen LogP contribution in [0.15, 0.2) is 54.6 Å². The molecule has 0 bridgehead atoms. The van der Waals surface area contributed by atoms with Crippen molar-refractivity contribution in [3.63, 3.8) is 0 Å². The fourth-order valence-corrected chi connectivity index (χ4v) is 4.96. The van der Waals surface area contributed by atoms with Crippen LogP contribution < -0.4 is 15.1 Å². The molecule has 34 heavy (non-hydrogen) atoms. The maximum Gasteiger partial charge on any atom is 0.182 e. The molecule has 0 spiro atoms. The van der Waals surface area contributed by atoms with Gasteiger partial charge in [0.15, 0.2) is 6.17 Å². The molecule has 2 aromatic carbocycles. The number of nitrogens with zero attached hydrogens (tertiary/aromatic N) is 4.